The van der Waals surface area contributed by atoms with Crippen molar-refractivity contribution in [3.63, 3.8) is 0 Å². The average Bonchev–Trinajstić information content (AvgIpc) is 2.27. The number of allylic oxidation sites excluding steroid dienone is 1. The maximum absolute atomic E-state index is 13.3. The van der Waals surface area contributed by atoms with Crippen LogP contribution in [0.4, 0.5) is 8.78 Å². The topological polar surface area (TPSA) is 67.8 Å². The highest BCUT2D eigenvalue weighted by molar-refractivity contribution is 6.30. The Kier molecular flexibility index (Phi) is 3.44. The number of nitrogens with zero attached hydrogens (tertiary/aromatic N) is 2. The van der Waals surface area contributed by atoms with Gasteiger partial charge in [0.05, 0.1) is 10.6 Å². The summed E-state index contributed by atoms with van der Waals surface area (Å²) in [4.78, 5) is 0. The molecule has 0 atom stereocenters. The molecule has 0 radical (unpaired) electrons. The van der Waals surface area contributed by atoms with E-state index in [-0.39, 0.29) is 0 Å². The molecule has 1 aromatic rings. The number of halogens is 3. The molecule has 0 unspecified atom stereocenters. The van der Waals surface area contributed by atoms with Gasteiger partial charge in [-0.1, -0.05) is 11.6 Å². The maximum atomic E-state index is 13.3. The molecule has 0 aliphatic carbocycles. The molecule has 0 saturated carbocycles. The first-order valence-corrected chi connectivity index (χ1v) is 4.28. The molecule has 6 heteroatoms. The number of aliphatic hydroxyl groups excluding tert-OH is 1. The van der Waals surface area contributed by atoms with Crippen LogP contribution in [0.3, 0.4) is 0 Å². The minimum absolute atomic E-state index is 0.454. The van der Waals surface area contributed by atoms with Gasteiger partial charge in [-0.2, -0.15) is 10.5 Å². The first-order valence-electron chi connectivity index (χ1n) is 3.90. The Labute approximate surface area is 94.4 Å². The van der Waals surface area contributed by atoms with Gasteiger partial charge in [0.2, 0.25) is 0 Å². The molecule has 16 heavy (non-hydrogen) atoms. The van der Waals surface area contributed by atoms with Gasteiger partial charge in [0.1, 0.15) is 12.1 Å². The molecule has 0 amide bonds. The molecule has 0 saturated heterocycles. The lowest BCUT2D eigenvalue weighted by molar-refractivity contribution is 0.477. The number of nitriles is 2. The summed E-state index contributed by atoms with van der Waals surface area (Å²) in [5.41, 5.74) is -1.29. The van der Waals surface area contributed by atoms with Crippen LogP contribution in [0.1, 0.15) is 5.56 Å². The monoisotopic (exact) mass is 240 g/mol. The highest BCUT2D eigenvalue weighted by Gasteiger charge is 2.17. The van der Waals surface area contributed by atoms with Crippen LogP contribution in [0.25, 0.3) is 5.76 Å². The third kappa shape index (κ3) is 1.95. The molecular weight excluding hydrogens is 238 g/mol. The smallest absolute Gasteiger partial charge is 0.178 e. The predicted octanol–water partition coefficient (Wildman–Crippen LogP) is 2.93. The second-order valence-electron chi connectivity index (χ2n) is 2.67. The minimum atomic E-state index is -1.41. The molecule has 0 heterocycles. The van der Waals surface area contributed by atoms with E-state index in [0.717, 1.165) is 12.1 Å². The van der Waals surface area contributed by atoms with Crippen molar-refractivity contribution in [2.45, 2.75) is 0 Å². The largest absolute Gasteiger partial charge is 0.505 e. The first-order chi connectivity index (χ1) is 7.52. The fraction of sp³-hybridized carbons (Fsp3) is 0. The van der Waals surface area contributed by atoms with E-state index in [9.17, 15) is 13.9 Å². The molecule has 0 aliphatic rings. The van der Waals surface area contributed by atoms with E-state index >= 15 is 0 Å². The lowest BCUT2D eigenvalue weighted by Gasteiger charge is -2.03. The van der Waals surface area contributed by atoms with E-state index in [1.54, 1.807) is 0 Å². The summed E-state index contributed by atoms with van der Waals surface area (Å²) < 4.78 is 26.3. The van der Waals surface area contributed by atoms with E-state index in [4.69, 9.17) is 22.1 Å². The van der Waals surface area contributed by atoms with Gasteiger partial charge in [-0.05, 0) is 12.1 Å². The van der Waals surface area contributed by atoms with Crippen molar-refractivity contribution in [3.8, 4) is 12.1 Å². The lowest BCUT2D eigenvalue weighted by Crippen LogP contribution is -1.96. The fourth-order valence-corrected chi connectivity index (χ4v) is 1.12. The van der Waals surface area contributed by atoms with Crippen LogP contribution in [0.2, 0.25) is 5.02 Å². The highest BCUT2D eigenvalue weighted by Crippen LogP contribution is 2.25. The highest BCUT2D eigenvalue weighted by atomic mass is 35.5. The number of hydrogen-bond donors (Lipinski definition) is 1. The van der Waals surface area contributed by atoms with Gasteiger partial charge in [0, 0.05) is 0 Å². The molecule has 0 aliphatic heterocycles. The van der Waals surface area contributed by atoms with E-state index in [1.165, 1.54) is 12.1 Å². The molecule has 3 nitrogen and oxygen atoms in total. The van der Waals surface area contributed by atoms with Crippen molar-refractivity contribution in [3.05, 3.63) is 39.9 Å². The van der Waals surface area contributed by atoms with E-state index in [1.807, 2.05) is 0 Å². The van der Waals surface area contributed by atoms with Crippen LogP contribution < -0.4 is 0 Å². The average molecular weight is 241 g/mol. The third-order valence-corrected chi connectivity index (χ3v) is 2.04. The van der Waals surface area contributed by atoms with Crippen molar-refractivity contribution in [2.75, 3.05) is 0 Å². The zero-order valence-electron chi connectivity index (χ0n) is 7.63. The quantitative estimate of drug-likeness (QED) is 0.466. The predicted molar refractivity (Wildman–Crippen MR) is 52.1 cm³/mol. The molecule has 1 N–H and O–H groups in total. The van der Waals surface area contributed by atoms with Crippen molar-refractivity contribution < 1.29 is 13.9 Å². The zero-order valence-corrected chi connectivity index (χ0v) is 8.39. The zero-order chi connectivity index (χ0) is 12.3. The summed E-state index contributed by atoms with van der Waals surface area (Å²) in [5, 5.41) is 25.8. The standard InChI is InChI=1S/C10H3ClF2N2O/c11-7-2-1-6(8(12)9(7)13)10(16)5(3-14)4-15/h1-2,16H. The van der Waals surface area contributed by atoms with Crippen molar-refractivity contribution in [2.24, 2.45) is 0 Å². The summed E-state index contributed by atoms with van der Waals surface area (Å²) in [5.74, 6) is -3.67. The number of rotatable bonds is 1. The fourth-order valence-electron chi connectivity index (χ4n) is 0.974. The van der Waals surface area contributed by atoms with Gasteiger partial charge >= 0.3 is 0 Å². The van der Waals surface area contributed by atoms with Gasteiger partial charge in [-0.15, -0.1) is 0 Å². The summed E-state index contributed by atoms with van der Waals surface area (Å²) in [7, 11) is 0. The van der Waals surface area contributed by atoms with Crippen molar-refractivity contribution in [1.82, 2.24) is 0 Å². The third-order valence-electron chi connectivity index (χ3n) is 1.75. The Hall–Kier alpha value is -2.11. The van der Waals surface area contributed by atoms with Crippen LogP contribution in [0.15, 0.2) is 17.7 Å². The normalized spacial score (nSPS) is 9.06. The number of aliphatic hydroxyl groups is 1. The molecule has 0 fully saturated rings. The Morgan fingerprint density at radius 3 is 2.25 bits per heavy atom. The van der Waals surface area contributed by atoms with Crippen LogP contribution >= 0.6 is 11.6 Å². The second-order valence-corrected chi connectivity index (χ2v) is 3.08. The molecule has 80 valence electrons. The molecule has 1 aromatic carbocycles. The van der Waals surface area contributed by atoms with Crippen LogP contribution in [0.5, 0.6) is 0 Å². The van der Waals surface area contributed by atoms with E-state index in [2.05, 4.69) is 0 Å². The van der Waals surface area contributed by atoms with Crippen LogP contribution in [0, 0.1) is 34.3 Å². The Balaban J connectivity index is 3.50. The van der Waals surface area contributed by atoms with E-state index in [0.29, 0.717) is 0 Å². The molecular formula is C10H3ClF2N2O. The minimum Gasteiger partial charge on any atom is -0.505 e. The summed E-state index contributed by atoms with van der Waals surface area (Å²) in [6, 6.07) is 4.70. The second kappa shape index (κ2) is 4.61. The van der Waals surface area contributed by atoms with Crippen LogP contribution in [-0.4, -0.2) is 5.11 Å². The molecule has 1 rings (SSSR count). The summed E-state index contributed by atoms with van der Waals surface area (Å²) in [6.07, 6.45) is 0. The Morgan fingerprint density at radius 2 is 1.75 bits per heavy atom. The van der Waals surface area contributed by atoms with Crippen molar-refractivity contribution in [1.29, 1.82) is 10.5 Å². The van der Waals surface area contributed by atoms with E-state index < -0.39 is 33.6 Å². The molecule has 0 spiro atoms. The van der Waals surface area contributed by atoms with Crippen molar-refractivity contribution >= 4 is 17.4 Å². The van der Waals surface area contributed by atoms with Gasteiger partial charge in [-0.25, -0.2) is 8.78 Å². The molecule has 0 bridgehead atoms. The number of benzene rings is 1. The van der Waals surface area contributed by atoms with Gasteiger partial charge in [-0.3, -0.25) is 0 Å². The van der Waals surface area contributed by atoms with Gasteiger partial charge in [0.25, 0.3) is 0 Å². The van der Waals surface area contributed by atoms with Crippen LogP contribution in [-0.2, 0) is 0 Å². The lowest BCUT2D eigenvalue weighted by atomic mass is 10.1. The number of hydrogen-bond acceptors (Lipinski definition) is 3. The Bertz CT molecular complexity index is 539. The summed E-state index contributed by atoms with van der Waals surface area (Å²) in [6.45, 7) is 0. The molecule has 0 aromatic heterocycles. The maximum Gasteiger partial charge on any atom is 0.178 e. The summed E-state index contributed by atoms with van der Waals surface area (Å²) >= 11 is 5.30. The SMILES string of the molecule is N#CC(C#N)=C(O)c1ccc(Cl)c(F)c1F. The van der Waals surface area contributed by atoms with Gasteiger partial charge in [0.15, 0.2) is 23.0 Å². The first kappa shape index (κ1) is 12.0. The van der Waals surface area contributed by atoms with Gasteiger partial charge < -0.3 is 5.11 Å². The Morgan fingerprint density at radius 1 is 1.19 bits per heavy atom.